The number of sulfonamides is 1. The molecule has 0 unspecified atom stereocenters. The second-order valence-electron chi connectivity index (χ2n) is 5.66. The minimum atomic E-state index is -3.75. The van der Waals surface area contributed by atoms with Crippen LogP contribution in [0.5, 0.6) is 11.5 Å². The highest BCUT2D eigenvalue weighted by atomic mass is 32.2. The fraction of sp³-hybridized carbons (Fsp3) is 0.211. The van der Waals surface area contributed by atoms with Crippen LogP contribution in [0, 0.1) is 0 Å². The lowest BCUT2D eigenvalue weighted by atomic mass is 10.2. The molecule has 2 rings (SSSR count). The van der Waals surface area contributed by atoms with Crippen molar-refractivity contribution in [1.29, 1.82) is 0 Å². The summed E-state index contributed by atoms with van der Waals surface area (Å²) in [5.74, 6) is -0.355. The largest absolute Gasteiger partial charge is 0.495 e. The van der Waals surface area contributed by atoms with Crippen molar-refractivity contribution < 1.29 is 31.5 Å². The van der Waals surface area contributed by atoms with Crippen LogP contribution >= 0.6 is 0 Å². The molecule has 0 aromatic heterocycles. The van der Waals surface area contributed by atoms with Crippen LogP contribution in [0.25, 0.3) is 6.08 Å². The molecule has 0 heterocycles. The molecule has 0 atom stereocenters. The van der Waals surface area contributed by atoms with Gasteiger partial charge in [-0.2, -0.15) is 8.78 Å². The first kappa shape index (κ1) is 22.3. The van der Waals surface area contributed by atoms with Crippen molar-refractivity contribution in [2.24, 2.45) is 0 Å². The molecule has 29 heavy (non-hydrogen) atoms. The van der Waals surface area contributed by atoms with Crippen LogP contribution in [0.2, 0.25) is 0 Å². The Balaban J connectivity index is 2.09. The van der Waals surface area contributed by atoms with E-state index in [0.29, 0.717) is 11.1 Å². The van der Waals surface area contributed by atoms with Crippen LogP contribution in [-0.2, 0) is 21.4 Å². The predicted molar refractivity (Wildman–Crippen MR) is 103 cm³/mol. The SMILES string of the molecule is CNS(=O)(=O)c1cc(/C=C/C(=O)NCc2ccccc2OC(F)F)ccc1OC. The van der Waals surface area contributed by atoms with Gasteiger partial charge in [-0.3, -0.25) is 4.79 Å². The van der Waals surface area contributed by atoms with E-state index in [-0.39, 0.29) is 22.9 Å². The predicted octanol–water partition coefficient (Wildman–Crippen LogP) is 2.53. The highest BCUT2D eigenvalue weighted by molar-refractivity contribution is 7.89. The molecule has 0 spiro atoms. The Morgan fingerprint density at radius 2 is 1.90 bits per heavy atom. The van der Waals surface area contributed by atoms with E-state index in [1.54, 1.807) is 24.3 Å². The van der Waals surface area contributed by atoms with Gasteiger partial charge in [0.2, 0.25) is 15.9 Å². The first-order chi connectivity index (χ1) is 13.8. The maximum atomic E-state index is 12.4. The third-order valence-corrected chi connectivity index (χ3v) is 5.25. The quantitative estimate of drug-likeness (QED) is 0.601. The molecule has 0 saturated heterocycles. The molecule has 2 N–H and O–H groups in total. The average Bonchev–Trinajstić information content (AvgIpc) is 2.71. The average molecular weight is 426 g/mol. The molecule has 1 amide bonds. The van der Waals surface area contributed by atoms with Crippen molar-refractivity contribution in [2.75, 3.05) is 14.2 Å². The van der Waals surface area contributed by atoms with Crippen LogP contribution in [0.4, 0.5) is 8.78 Å². The van der Waals surface area contributed by atoms with E-state index >= 15 is 0 Å². The van der Waals surface area contributed by atoms with E-state index in [0.717, 1.165) is 0 Å². The molecule has 7 nitrogen and oxygen atoms in total. The number of alkyl halides is 2. The molecular formula is C19H20F2N2O5S. The molecule has 0 fully saturated rings. The zero-order valence-electron chi connectivity index (χ0n) is 15.7. The summed E-state index contributed by atoms with van der Waals surface area (Å²) in [6.07, 6.45) is 2.62. The minimum Gasteiger partial charge on any atom is -0.495 e. The molecule has 0 aliphatic carbocycles. The lowest BCUT2D eigenvalue weighted by Gasteiger charge is -2.10. The Labute approximate surface area is 167 Å². The van der Waals surface area contributed by atoms with Gasteiger partial charge >= 0.3 is 6.61 Å². The van der Waals surface area contributed by atoms with E-state index in [1.807, 2.05) is 0 Å². The molecular weight excluding hydrogens is 406 g/mol. The summed E-state index contributed by atoms with van der Waals surface area (Å²) < 4.78 is 60.7. The molecule has 0 saturated carbocycles. The fourth-order valence-corrected chi connectivity index (χ4v) is 3.32. The number of hydrogen-bond acceptors (Lipinski definition) is 5. The Bertz CT molecular complexity index is 994. The van der Waals surface area contributed by atoms with Crippen molar-refractivity contribution >= 4 is 22.0 Å². The molecule has 0 aliphatic rings. The standard InChI is InChI=1S/C19H20F2N2O5S/c1-22-29(25,26)17-11-13(7-9-16(17)27-2)8-10-18(24)23-12-14-5-3-4-6-15(14)28-19(20)21/h3-11,19,22H,12H2,1-2H3,(H,23,24)/b10-8+. The van der Waals surface area contributed by atoms with Crippen molar-refractivity contribution in [2.45, 2.75) is 18.1 Å². The van der Waals surface area contributed by atoms with Gasteiger partial charge in [0.25, 0.3) is 0 Å². The summed E-state index contributed by atoms with van der Waals surface area (Å²) in [6.45, 7) is -2.99. The molecule has 0 bridgehead atoms. The zero-order valence-corrected chi connectivity index (χ0v) is 16.5. The van der Waals surface area contributed by atoms with E-state index in [2.05, 4.69) is 14.8 Å². The summed E-state index contributed by atoms with van der Waals surface area (Å²) in [6, 6.07) is 10.5. The van der Waals surface area contributed by atoms with E-state index in [9.17, 15) is 22.0 Å². The van der Waals surface area contributed by atoms with Crippen molar-refractivity contribution in [3.8, 4) is 11.5 Å². The zero-order chi connectivity index (χ0) is 21.4. The number of para-hydroxylation sites is 1. The second kappa shape index (κ2) is 9.99. The third-order valence-electron chi connectivity index (χ3n) is 3.81. The van der Waals surface area contributed by atoms with Gasteiger partial charge in [0.15, 0.2) is 0 Å². The monoisotopic (exact) mass is 426 g/mol. The number of hydrogen-bond donors (Lipinski definition) is 2. The van der Waals surface area contributed by atoms with Crippen LogP contribution in [0.15, 0.2) is 53.4 Å². The molecule has 0 aliphatic heterocycles. The number of methoxy groups -OCH3 is 1. The van der Waals surface area contributed by atoms with Crippen molar-refractivity contribution in [3.05, 3.63) is 59.7 Å². The van der Waals surface area contributed by atoms with Gasteiger partial charge in [0.1, 0.15) is 16.4 Å². The smallest absolute Gasteiger partial charge is 0.387 e. The van der Waals surface area contributed by atoms with Gasteiger partial charge in [-0.1, -0.05) is 24.3 Å². The Kier molecular flexibility index (Phi) is 7.68. The summed E-state index contributed by atoms with van der Waals surface area (Å²) in [5, 5.41) is 2.56. The molecule has 156 valence electrons. The van der Waals surface area contributed by atoms with E-state index in [1.165, 1.54) is 44.5 Å². The second-order valence-corrected chi connectivity index (χ2v) is 7.51. The van der Waals surface area contributed by atoms with Crippen LogP contribution < -0.4 is 19.5 Å². The van der Waals surface area contributed by atoms with E-state index < -0.39 is 22.5 Å². The number of benzene rings is 2. The summed E-state index contributed by atoms with van der Waals surface area (Å²) in [4.78, 5) is 12.0. The van der Waals surface area contributed by atoms with Gasteiger partial charge in [-0.15, -0.1) is 0 Å². The molecule has 2 aromatic rings. The topological polar surface area (TPSA) is 93.7 Å². The minimum absolute atomic E-state index is 0.0198. The molecule has 10 heteroatoms. The van der Waals surface area contributed by atoms with Crippen molar-refractivity contribution in [3.63, 3.8) is 0 Å². The third kappa shape index (κ3) is 6.26. The van der Waals surface area contributed by atoms with E-state index in [4.69, 9.17) is 4.74 Å². The van der Waals surface area contributed by atoms with Gasteiger partial charge in [-0.05, 0) is 36.9 Å². The summed E-state index contributed by atoms with van der Waals surface area (Å²) in [5.41, 5.74) is 0.845. The lowest BCUT2D eigenvalue weighted by molar-refractivity contribution is -0.116. The number of ether oxygens (including phenoxy) is 2. The van der Waals surface area contributed by atoms with Crippen LogP contribution in [0.3, 0.4) is 0 Å². The number of nitrogens with one attached hydrogen (secondary N) is 2. The maximum absolute atomic E-state index is 12.4. The van der Waals surface area contributed by atoms with Gasteiger partial charge in [-0.25, -0.2) is 13.1 Å². The number of halogens is 2. The van der Waals surface area contributed by atoms with Gasteiger partial charge in [0, 0.05) is 18.2 Å². The first-order valence-corrected chi connectivity index (χ1v) is 9.85. The molecule has 0 radical (unpaired) electrons. The van der Waals surface area contributed by atoms with Gasteiger partial charge in [0.05, 0.1) is 7.11 Å². The Hall–Kier alpha value is -2.98. The van der Waals surface area contributed by atoms with Gasteiger partial charge < -0.3 is 14.8 Å². The Morgan fingerprint density at radius 3 is 2.55 bits per heavy atom. The summed E-state index contributed by atoms with van der Waals surface area (Å²) in [7, 11) is -1.12. The number of carbonyl (C=O) groups is 1. The lowest BCUT2D eigenvalue weighted by Crippen LogP contribution is -2.21. The highest BCUT2D eigenvalue weighted by Crippen LogP contribution is 2.25. The molecule has 2 aromatic carbocycles. The fourth-order valence-electron chi connectivity index (χ4n) is 2.39. The summed E-state index contributed by atoms with van der Waals surface area (Å²) >= 11 is 0. The Morgan fingerprint density at radius 1 is 1.17 bits per heavy atom. The van der Waals surface area contributed by atoms with Crippen molar-refractivity contribution in [1.82, 2.24) is 10.0 Å². The number of rotatable bonds is 9. The highest BCUT2D eigenvalue weighted by Gasteiger charge is 2.17. The normalized spacial score (nSPS) is 11.6. The maximum Gasteiger partial charge on any atom is 0.387 e. The number of amides is 1. The first-order valence-electron chi connectivity index (χ1n) is 8.37. The van der Waals surface area contributed by atoms with Crippen LogP contribution in [0.1, 0.15) is 11.1 Å². The number of carbonyl (C=O) groups excluding carboxylic acids is 1. The van der Waals surface area contributed by atoms with Crippen LogP contribution in [-0.4, -0.2) is 35.1 Å².